The zero-order chi connectivity index (χ0) is 15.4. The molecule has 112 valence electrons. The maximum atomic E-state index is 13.3. The fourth-order valence-corrected chi connectivity index (χ4v) is 1.90. The second-order valence-corrected chi connectivity index (χ2v) is 5.26. The summed E-state index contributed by atoms with van der Waals surface area (Å²) in [6.07, 6.45) is -0.0896. The summed E-state index contributed by atoms with van der Waals surface area (Å²) in [6, 6.07) is 4.32. The van der Waals surface area contributed by atoms with Crippen molar-refractivity contribution in [1.29, 1.82) is 0 Å². The molecule has 1 heterocycles. The van der Waals surface area contributed by atoms with Crippen LogP contribution in [0.3, 0.4) is 0 Å². The number of ether oxygens (including phenoxy) is 2. The summed E-state index contributed by atoms with van der Waals surface area (Å²) in [6.45, 7) is 3.71. The van der Waals surface area contributed by atoms with Crippen LogP contribution in [0.1, 0.15) is 13.8 Å². The van der Waals surface area contributed by atoms with Gasteiger partial charge in [-0.1, -0.05) is 15.9 Å². The Balaban J connectivity index is 2.29. The highest BCUT2D eigenvalue weighted by molar-refractivity contribution is 9.10. The van der Waals surface area contributed by atoms with E-state index in [4.69, 9.17) is 9.47 Å². The number of benzene rings is 1. The molecule has 1 aromatic carbocycles. The third-order valence-corrected chi connectivity index (χ3v) is 2.66. The molecule has 0 aliphatic carbocycles. The van der Waals surface area contributed by atoms with Crippen LogP contribution in [0.25, 0.3) is 0 Å². The number of aromatic nitrogens is 3. The van der Waals surface area contributed by atoms with Gasteiger partial charge in [0.15, 0.2) is 0 Å². The lowest BCUT2D eigenvalue weighted by atomic mass is 10.3. The molecule has 0 fully saturated rings. The molecule has 0 spiro atoms. The molecule has 0 atom stereocenters. The van der Waals surface area contributed by atoms with Crippen LogP contribution < -0.4 is 14.8 Å². The first-order chi connectivity index (χ1) is 9.96. The highest BCUT2D eigenvalue weighted by atomic mass is 79.9. The lowest BCUT2D eigenvalue weighted by Gasteiger charge is -2.10. The van der Waals surface area contributed by atoms with Crippen LogP contribution in [-0.2, 0) is 0 Å². The molecule has 0 saturated carbocycles. The monoisotopic (exact) mass is 356 g/mol. The number of rotatable bonds is 5. The molecule has 1 aromatic heterocycles. The van der Waals surface area contributed by atoms with Crippen LogP contribution in [0, 0.1) is 5.82 Å². The molecule has 2 rings (SSSR count). The Morgan fingerprint density at radius 1 is 1.14 bits per heavy atom. The number of halogens is 2. The zero-order valence-corrected chi connectivity index (χ0v) is 13.3. The van der Waals surface area contributed by atoms with Crippen molar-refractivity contribution in [2.24, 2.45) is 0 Å². The van der Waals surface area contributed by atoms with Gasteiger partial charge in [0.25, 0.3) is 0 Å². The molecular weight excluding hydrogens is 343 g/mol. The highest BCUT2D eigenvalue weighted by Gasteiger charge is 2.11. The molecule has 1 N–H and O–H groups in total. The molecule has 8 heteroatoms. The molecule has 0 unspecified atom stereocenters. The second-order valence-electron chi connectivity index (χ2n) is 4.35. The topological polar surface area (TPSA) is 69.2 Å². The molecule has 2 aromatic rings. The number of hydrogen-bond acceptors (Lipinski definition) is 6. The maximum Gasteiger partial charge on any atom is 0.330 e. The smallest absolute Gasteiger partial charge is 0.330 e. The Labute approximate surface area is 129 Å². The fraction of sp³-hybridized carbons (Fsp3) is 0.308. The van der Waals surface area contributed by atoms with Crippen molar-refractivity contribution in [3.63, 3.8) is 0 Å². The normalized spacial score (nSPS) is 10.6. The third kappa shape index (κ3) is 4.52. The SMILES string of the molecule is CNc1nc(Oc2cc(F)cc(Br)c2)nc(OC(C)C)n1. The Bertz CT molecular complexity index is 619. The van der Waals surface area contributed by atoms with Gasteiger partial charge in [0.2, 0.25) is 5.95 Å². The van der Waals surface area contributed by atoms with Crippen molar-refractivity contribution >= 4 is 21.9 Å². The molecule has 21 heavy (non-hydrogen) atoms. The number of nitrogens with zero attached hydrogens (tertiary/aromatic N) is 3. The van der Waals surface area contributed by atoms with Gasteiger partial charge in [0.05, 0.1) is 6.10 Å². The largest absolute Gasteiger partial charge is 0.461 e. The number of anilines is 1. The van der Waals surface area contributed by atoms with Crippen molar-refractivity contribution in [3.05, 3.63) is 28.5 Å². The Hall–Kier alpha value is -1.96. The molecular formula is C13H14BrFN4O2. The number of nitrogens with one attached hydrogen (secondary N) is 1. The number of hydrogen-bond donors (Lipinski definition) is 1. The van der Waals surface area contributed by atoms with E-state index in [1.807, 2.05) is 13.8 Å². The summed E-state index contributed by atoms with van der Waals surface area (Å²) in [5.74, 6) is 0.137. The Morgan fingerprint density at radius 3 is 2.48 bits per heavy atom. The van der Waals surface area contributed by atoms with E-state index in [1.165, 1.54) is 12.1 Å². The Morgan fingerprint density at radius 2 is 1.86 bits per heavy atom. The maximum absolute atomic E-state index is 13.3. The van der Waals surface area contributed by atoms with Crippen molar-refractivity contribution in [2.75, 3.05) is 12.4 Å². The quantitative estimate of drug-likeness (QED) is 0.885. The van der Waals surface area contributed by atoms with Gasteiger partial charge >= 0.3 is 12.0 Å². The minimum Gasteiger partial charge on any atom is -0.461 e. The van der Waals surface area contributed by atoms with Gasteiger partial charge in [-0.3, -0.25) is 0 Å². The van der Waals surface area contributed by atoms with Crippen LogP contribution in [0.4, 0.5) is 10.3 Å². The minimum atomic E-state index is -0.430. The first kappa shape index (κ1) is 15.4. The van der Waals surface area contributed by atoms with Crippen LogP contribution in [0.5, 0.6) is 17.8 Å². The van der Waals surface area contributed by atoms with E-state index in [0.29, 0.717) is 10.4 Å². The molecule has 0 radical (unpaired) electrons. The van der Waals surface area contributed by atoms with Crippen LogP contribution in [-0.4, -0.2) is 28.1 Å². The first-order valence-electron chi connectivity index (χ1n) is 6.20. The molecule has 0 amide bonds. The van der Waals surface area contributed by atoms with Gasteiger partial charge in [-0.25, -0.2) is 4.39 Å². The van der Waals surface area contributed by atoms with Gasteiger partial charge in [-0.15, -0.1) is 4.98 Å². The summed E-state index contributed by atoms with van der Waals surface area (Å²) in [4.78, 5) is 12.1. The summed E-state index contributed by atoms with van der Waals surface area (Å²) < 4.78 is 24.8. The average Bonchev–Trinajstić information content (AvgIpc) is 2.36. The summed E-state index contributed by atoms with van der Waals surface area (Å²) in [5.41, 5.74) is 0. The van der Waals surface area contributed by atoms with E-state index in [1.54, 1.807) is 13.1 Å². The fourth-order valence-electron chi connectivity index (χ4n) is 1.45. The summed E-state index contributed by atoms with van der Waals surface area (Å²) in [5, 5.41) is 2.78. The van der Waals surface area contributed by atoms with Crippen LogP contribution in [0.2, 0.25) is 0 Å². The van der Waals surface area contributed by atoms with Gasteiger partial charge in [-0.05, 0) is 26.0 Å². The predicted octanol–water partition coefficient (Wildman–Crippen LogP) is 3.39. The summed E-state index contributed by atoms with van der Waals surface area (Å²) in [7, 11) is 1.66. The van der Waals surface area contributed by atoms with E-state index in [0.717, 1.165) is 0 Å². The molecule has 0 aliphatic rings. The van der Waals surface area contributed by atoms with Crippen LogP contribution >= 0.6 is 15.9 Å². The predicted molar refractivity (Wildman–Crippen MR) is 79.3 cm³/mol. The molecule has 6 nitrogen and oxygen atoms in total. The van der Waals surface area contributed by atoms with E-state index >= 15 is 0 Å². The van der Waals surface area contributed by atoms with E-state index < -0.39 is 5.82 Å². The molecule has 0 aliphatic heterocycles. The van der Waals surface area contributed by atoms with Crippen molar-refractivity contribution in [2.45, 2.75) is 20.0 Å². The Kier molecular flexibility index (Phi) is 4.89. The summed E-state index contributed by atoms with van der Waals surface area (Å²) >= 11 is 3.19. The van der Waals surface area contributed by atoms with Gasteiger partial charge in [0.1, 0.15) is 11.6 Å². The van der Waals surface area contributed by atoms with Crippen molar-refractivity contribution in [1.82, 2.24) is 15.0 Å². The van der Waals surface area contributed by atoms with E-state index in [2.05, 4.69) is 36.2 Å². The lowest BCUT2D eigenvalue weighted by Crippen LogP contribution is -2.11. The van der Waals surface area contributed by atoms with Gasteiger partial charge in [-0.2, -0.15) is 9.97 Å². The standard InChI is InChI=1S/C13H14BrFN4O2/c1-7(2)20-12-17-11(16-3)18-13(19-12)21-10-5-8(14)4-9(15)6-10/h4-7H,1-3H3,(H,16,17,18,19). The molecule has 0 saturated heterocycles. The first-order valence-corrected chi connectivity index (χ1v) is 7.00. The van der Waals surface area contributed by atoms with Crippen molar-refractivity contribution in [3.8, 4) is 17.8 Å². The molecule has 0 bridgehead atoms. The minimum absolute atomic E-state index is 0.0162. The highest BCUT2D eigenvalue weighted by Crippen LogP contribution is 2.25. The lowest BCUT2D eigenvalue weighted by molar-refractivity contribution is 0.218. The second kappa shape index (κ2) is 6.66. The zero-order valence-electron chi connectivity index (χ0n) is 11.7. The van der Waals surface area contributed by atoms with E-state index in [-0.39, 0.29) is 23.9 Å². The third-order valence-electron chi connectivity index (χ3n) is 2.20. The average molecular weight is 357 g/mol. The van der Waals surface area contributed by atoms with Crippen LogP contribution in [0.15, 0.2) is 22.7 Å². The van der Waals surface area contributed by atoms with Gasteiger partial charge in [0, 0.05) is 17.6 Å². The van der Waals surface area contributed by atoms with E-state index in [9.17, 15) is 4.39 Å². The van der Waals surface area contributed by atoms with Crippen molar-refractivity contribution < 1.29 is 13.9 Å². The van der Waals surface area contributed by atoms with Gasteiger partial charge < -0.3 is 14.8 Å².